The van der Waals surface area contributed by atoms with Crippen LogP contribution >= 0.6 is 26.3 Å². The molecule has 0 amide bonds. The van der Waals surface area contributed by atoms with Gasteiger partial charge in [0, 0.05) is 0 Å². The number of hydrogen-bond donors (Lipinski definition) is 0. The summed E-state index contributed by atoms with van der Waals surface area (Å²) >= 11 is 2.88. The Kier molecular flexibility index (Phi) is 7.23. The molecule has 0 nitrogen and oxygen atoms in total. The number of unbranched alkanes of at least 4 members (excludes halogenated alkanes) is 3. The van der Waals surface area contributed by atoms with E-state index in [1.807, 2.05) is 0 Å². The first-order chi connectivity index (χ1) is 6.54. The van der Waals surface area contributed by atoms with Crippen molar-refractivity contribution in [3.05, 3.63) is 0 Å². The summed E-state index contributed by atoms with van der Waals surface area (Å²) < 4.78 is -1.27. The Morgan fingerprint density at radius 3 is 1.64 bits per heavy atom. The molecule has 14 heavy (non-hydrogen) atoms. The van der Waals surface area contributed by atoms with Crippen LogP contribution in [0.25, 0.3) is 0 Å². The van der Waals surface area contributed by atoms with Gasteiger partial charge in [0.15, 0.2) is 0 Å². The molecule has 0 saturated carbocycles. The third-order valence-electron chi connectivity index (χ3n) is 3.94. The Morgan fingerprint density at radius 1 is 0.786 bits per heavy atom. The fourth-order valence-corrected chi connectivity index (χ4v) is 6.41. The molecule has 0 aromatic carbocycles. The summed E-state index contributed by atoms with van der Waals surface area (Å²) in [5.41, 5.74) is 0. The molecule has 0 fully saturated rings. The van der Waals surface area contributed by atoms with Gasteiger partial charge in [-0.1, -0.05) is 0 Å². The molecule has 0 radical (unpaired) electrons. The summed E-state index contributed by atoms with van der Waals surface area (Å²) in [6, 6.07) is 0. The van der Waals surface area contributed by atoms with E-state index < -0.39 is 4.25 Å². The Balaban J connectivity index is 4.10. The van der Waals surface area contributed by atoms with Crippen LogP contribution in [0, 0.1) is 0 Å². The Morgan fingerprint density at radius 2 is 1.29 bits per heavy atom. The molecule has 0 spiro atoms. The van der Waals surface area contributed by atoms with E-state index in [0.29, 0.717) is 0 Å². The SMILES string of the molecule is CCCCCCP(I)(CC)(CC)CC. The zero-order valence-electron chi connectivity index (χ0n) is 10.5. The van der Waals surface area contributed by atoms with Gasteiger partial charge < -0.3 is 0 Å². The van der Waals surface area contributed by atoms with Crippen molar-refractivity contribution in [3.63, 3.8) is 0 Å². The third kappa shape index (κ3) is 4.35. The van der Waals surface area contributed by atoms with Crippen molar-refractivity contribution in [3.8, 4) is 0 Å². The minimum absolute atomic E-state index is 1.27. The standard InChI is InChI=1S/C12H28IP/c1-5-9-10-11-12-14(13,6-2,7-3)8-4/h5-12H2,1-4H3. The van der Waals surface area contributed by atoms with E-state index in [4.69, 9.17) is 0 Å². The van der Waals surface area contributed by atoms with Crippen molar-refractivity contribution in [2.45, 2.75) is 53.4 Å². The number of halogens is 1. The molecule has 0 bridgehead atoms. The summed E-state index contributed by atoms with van der Waals surface area (Å²) in [7, 11) is 0. The van der Waals surface area contributed by atoms with Crippen LogP contribution in [-0.2, 0) is 0 Å². The summed E-state index contributed by atoms with van der Waals surface area (Å²) in [4.78, 5) is 0. The third-order valence-corrected chi connectivity index (χ3v) is 17.7. The van der Waals surface area contributed by atoms with Gasteiger partial charge >= 0.3 is 104 Å². The van der Waals surface area contributed by atoms with E-state index in [0.717, 1.165) is 0 Å². The van der Waals surface area contributed by atoms with Gasteiger partial charge in [0.2, 0.25) is 0 Å². The van der Waals surface area contributed by atoms with Crippen LogP contribution in [0.1, 0.15) is 53.4 Å². The summed E-state index contributed by atoms with van der Waals surface area (Å²) in [6.07, 6.45) is 11.6. The molecule has 88 valence electrons. The molecule has 0 aromatic heterocycles. The second kappa shape index (κ2) is 6.68. The predicted molar refractivity (Wildman–Crippen MR) is 81.6 cm³/mol. The molecule has 0 saturated heterocycles. The van der Waals surface area contributed by atoms with E-state index in [-0.39, 0.29) is 0 Å². The van der Waals surface area contributed by atoms with Crippen molar-refractivity contribution in [1.82, 2.24) is 0 Å². The average molecular weight is 330 g/mol. The first-order valence-corrected chi connectivity index (χ1v) is 12.0. The van der Waals surface area contributed by atoms with Crippen molar-refractivity contribution < 1.29 is 0 Å². The van der Waals surface area contributed by atoms with Crippen LogP contribution < -0.4 is 0 Å². The molecule has 0 heterocycles. The Labute approximate surface area is 104 Å². The van der Waals surface area contributed by atoms with Crippen LogP contribution in [0.3, 0.4) is 0 Å². The van der Waals surface area contributed by atoms with Gasteiger partial charge in [-0.15, -0.1) is 0 Å². The molecule has 0 unspecified atom stereocenters. The second-order valence-electron chi connectivity index (χ2n) is 4.55. The van der Waals surface area contributed by atoms with Crippen LogP contribution in [-0.4, -0.2) is 24.6 Å². The molecule has 0 atom stereocenters. The number of hydrogen-bond acceptors (Lipinski definition) is 0. The van der Waals surface area contributed by atoms with E-state index >= 15 is 0 Å². The van der Waals surface area contributed by atoms with Crippen molar-refractivity contribution in [2.24, 2.45) is 0 Å². The van der Waals surface area contributed by atoms with Crippen LogP contribution in [0.5, 0.6) is 0 Å². The Bertz CT molecular complexity index is 141. The molecule has 0 aliphatic heterocycles. The maximum atomic E-state index is 2.88. The van der Waals surface area contributed by atoms with Crippen molar-refractivity contribution in [2.75, 3.05) is 24.6 Å². The van der Waals surface area contributed by atoms with E-state index in [1.165, 1.54) is 50.3 Å². The van der Waals surface area contributed by atoms with Gasteiger partial charge in [-0.3, -0.25) is 0 Å². The summed E-state index contributed by atoms with van der Waals surface area (Å²) in [5, 5.41) is 0. The first kappa shape index (κ1) is 15.2. The monoisotopic (exact) mass is 330 g/mol. The fraction of sp³-hybridized carbons (Fsp3) is 1.00. The van der Waals surface area contributed by atoms with Gasteiger partial charge in [-0.2, -0.15) is 0 Å². The minimum atomic E-state index is -1.27. The normalized spacial score (nSPS) is 15.1. The summed E-state index contributed by atoms with van der Waals surface area (Å²) in [6.45, 7) is 9.54. The van der Waals surface area contributed by atoms with Gasteiger partial charge in [0.05, 0.1) is 0 Å². The number of rotatable bonds is 8. The van der Waals surface area contributed by atoms with Gasteiger partial charge in [0.25, 0.3) is 0 Å². The zero-order valence-corrected chi connectivity index (χ0v) is 13.5. The molecular formula is C12H28IP. The van der Waals surface area contributed by atoms with Crippen LogP contribution in [0.2, 0.25) is 0 Å². The second-order valence-corrected chi connectivity index (χ2v) is 18.7. The predicted octanol–water partition coefficient (Wildman–Crippen LogP) is 5.53. The molecular weight excluding hydrogens is 302 g/mol. The summed E-state index contributed by atoms with van der Waals surface area (Å²) in [5.74, 6) is 0. The molecule has 0 N–H and O–H groups in total. The van der Waals surface area contributed by atoms with Crippen LogP contribution in [0.15, 0.2) is 0 Å². The molecule has 0 aliphatic rings. The van der Waals surface area contributed by atoms with E-state index in [1.54, 1.807) is 0 Å². The zero-order chi connectivity index (χ0) is 11.1. The van der Waals surface area contributed by atoms with E-state index in [9.17, 15) is 0 Å². The van der Waals surface area contributed by atoms with Gasteiger partial charge in [-0.05, 0) is 0 Å². The topological polar surface area (TPSA) is 0 Å². The molecule has 2 heteroatoms. The van der Waals surface area contributed by atoms with Gasteiger partial charge in [0.1, 0.15) is 0 Å². The quantitative estimate of drug-likeness (QED) is 0.312. The van der Waals surface area contributed by atoms with Crippen LogP contribution in [0.4, 0.5) is 0 Å². The van der Waals surface area contributed by atoms with Crippen molar-refractivity contribution >= 4 is 26.3 Å². The van der Waals surface area contributed by atoms with Gasteiger partial charge in [-0.25, -0.2) is 0 Å². The van der Waals surface area contributed by atoms with Crippen molar-refractivity contribution in [1.29, 1.82) is 0 Å². The first-order valence-electron chi connectivity index (χ1n) is 6.26. The fourth-order valence-electron chi connectivity index (χ4n) is 2.08. The van der Waals surface area contributed by atoms with E-state index in [2.05, 4.69) is 49.7 Å². The molecule has 0 aromatic rings. The average Bonchev–Trinajstić information content (AvgIpc) is 2.25. The molecule has 0 aliphatic carbocycles. The molecule has 0 rings (SSSR count). The Hall–Kier alpha value is 1.16. The maximum absolute atomic E-state index is 2.88.